The number of aliphatic hydroxyl groups excluding tert-OH is 1. The molecule has 2 aliphatic heterocycles. The number of ketones is 1. The maximum absolute atomic E-state index is 13.6. The number of esters is 1. The molecule has 2 aliphatic rings. The minimum atomic E-state index is -1.02. The van der Waals surface area contributed by atoms with Gasteiger partial charge in [-0.15, -0.1) is 0 Å². The highest BCUT2D eigenvalue weighted by Crippen LogP contribution is 2.45. The summed E-state index contributed by atoms with van der Waals surface area (Å²) >= 11 is 0.948. The molecule has 5 rings (SSSR count). The summed E-state index contributed by atoms with van der Waals surface area (Å²) in [5.41, 5.74) is 2.12. The number of amides is 1. The Morgan fingerprint density at radius 1 is 1.26 bits per heavy atom. The first-order valence-electron chi connectivity index (χ1n) is 13.8. The van der Waals surface area contributed by atoms with Gasteiger partial charge >= 0.3 is 11.9 Å². The van der Waals surface area contributed by atoms with Crippen molar-refractivity contribution in [3.05, 3.63) is 88.0 Å². The second-order valence-corrected chi connectivity index (χ2v) is 11.2. The van der Waals surface area contributed by atoms with Crippen LogP contribution in [0.5, 0.6) is 11.5 Å². The van der Waals surface area contributed by atoms with Gasteiger partial charge in [-0.3, -0.25) is 14.5 Å². The summed E-state index contributed by atoms with van der Waals surface area (Å²) < 4.78 is 16.9. The molecule has 0 bridgehead atoms. The molecule has 1 amide bonds. The molecule has 10 heteroatoms. The van der Waals surface area contributed by atoms with E-state index < -0.39 is 23.7 Å². The maximum Gasteiger partial charge on any atom is 0.350 e. The van der Waals surface area contributed by atoms with Crippen molar-refractivity contribution in [3.8, 4) is 11.5 Å². The molecule has 2 aromatic carbocycles. The van der Waals surface area contributed by atoms with Crippen LogP contribution in [-0.2, 0) is 20.7 Å². The molecule has 3 aromatic rings. The SMILES string of the molecule is C=CCOC(=O)c1sc(N2C(=O)C(=O)/C(=C(/O)c3ccc4c(c3)C[C@H](C)O4)[C@@H]2c2cccc(OCCCC)c2)nc1C. The van der Waals surface area contributed by atoms with Crippen molar-refractivity contribution in [2.24, 2.45) is 0 Å². The number of aliphatic hydroxyl groups is 1. The van der Waals surface area contributed by atoms with Crippen LogP contribution in [0.4, 0.5) is 5.13 Å². The van der Waals surface area contributed by atoms with Gasteiger partial charge in [0.1, 0.15) is 34.8 Å². The normalized spacial score (nSPS) is 19.0. The largest absolute Gasteiger partial charge is 0.507 e. The Balaban J connectivity index is 1.63. The number of unbranched alkanes of at least 4 members (excludes halogenated alkanes) is 1. The van der Waals surface area contributed by atoms with Gasteiger partial charge in [0.2, 0.25) is 0 Å². The number of carbonyl (C=O) groups is 3. The van der Waals surface area contributed by atoms with E-state index in [1.54, 1.807) is 49.4 Å². The Hall–Kier alpha value is -4.44. The summed E-state index contributed by atoms with van der Waals surface area (Å²) in [7, 11) is 0. The van der Waals surface area contributed by atoms with E-state index >= 15 is 0 Å². The fraction of sp³-hybridized carbons (Fsp3) is 0.312. The summed E-state index contributed by atoms with van der Waals surface area (Å²) in [6.07, 6.45) is 3.94. The van der Waals surface area contributed by atoms with Gasteiger partial charge < -0.3 is 19.3 Å². The lowest BCUT2D eigenvalue weighted by Crippen LogP contribution is -2.29. The van der Waals surface area contributed by atoms with E-state index in [9.17, 15) is 19.5 Å². The molecule has 0 spiro atoms. The minimum absolute atomic E-state index is 0.000988. The zero-order valence-electron chi connectivity index (χ0n) is 23.7. The van der Waals surface area contributed by atoms with E-state index in [1.807, 2.05) is 6.92 Å². The number of ether oxygens (including phenoxy) is 3. The van der Waals surface area contributed by atoms with Crippen molar-refractivity contribution in [2.45, 2.75) is 52.2 Å². The molecular weight excluding hydrogens is 556 g/mol. The lowest BCUT2D eigenvalue weighted by molar-refractivity contribution is -0.132. The third-order valence-corrected chi connectivity index (χ3v) is 8.20. The molecule has 0 radical (unpaired) electrons. The fourth-order valence-corrected chi connectivity index (χ4v) is 6.04. The van der Waals surface area contributed by atoms with Crippen LogP contribution in [0.3, 0.4) is 0 Å². The number of anilines is 1. The minimum Gasteiger partial charge on any atom is -0.507 e. The molecule has 9 nitrogen and oxygen atoms in total. The third kappa shape index (κ3) is 5.54. The molecule has 1 fully saturated rings. The van der Waals surface area contributed by atoms with Gasteiger partial charge in [-0.1, -0.05) is 49.5 Å². The van der Waals surface area contributed by atoms with E-state index in [0.717, 1.165) is 35.5 Å². The van der Waals surface area contributed by atoms with Gasteiger partial charge in [0.05, 0.1) is 23.9 Å². The smallest absolute Gasteiger partial charge is 0.350 e. The van der Waals surface area contributed by atoms with Crippen LogP contribution in [0.1, 0.15) is 64.8 Å². The van der Waals surface area contributed by atoms with E-state index in [4.69, 9.17) is 14.2 Å². The van der Waals surface area contributed by atoms with Gasteiger partial charge in [0, 0.05) is 12.0 Å². The molecule has 0 saturated carbocycles. The number of rotatable bonds is 10. The van der Waals surface area contributed by atoms with Crippen LogP contribution >= 0.6 is 11.3 Å². The first-order chi connectivity index (χ1) is 20.2. The molecule has 0 unspecified atom stereocenters. The zero-order chi connectivity index (χ0) is 30.0. The molecule has 1 N–H and O–H groups in total. The number of aryl methyl sites for hydroxylation is 1. The summed E-state index contributed by atoms with van der Waals surface area (Å²) in [5, 5.41) is 11.7. The molecular formula is C32H32N2O7S. The monoisotopic (exact) mass is 588 g/mol. The van der Waals surface area contributed by atoms with Gasteiger partial charge in [-0.2, -0.15) is 0 Å². The predicted molar refractivity (Wildman–Crippen MR) is 159 cm³/mol. The number of hydrogen-bond acceptors (Lipinski definition) is 9. The van der Waals surface area contributed by atoms with Crippen LogP contribution in [0.2, 0.25) is 0 Å². The Labute approximate surface area is 248 Å². The Kier molecular flexibility index (Phi) is 8.44. The van der Waals surface area contributed by atoms with Crippen LogP contribution in [0, 0.1) is 6.92 Å². The number of carbonyl (C=O) groups excluding carboxylic acids is 3. The number of thiazole rings is 1. The standard InChI is InChI=1S/C32H32N2O7S/c1-5-7-14-39-23-10-8-9-20(17-23)26-25(27(35)21-11-12-24-22(16-21)15-18(3)41-24)28(36)30(37)34(26)32-33-19(4)29(42-32)31(38)40-13-6-2/h6,8-12,16-18,26,35H,2,5,7,13-15H2,1,3-4H3/b27-25+/t18-,26-/m0/s1. The van der Waals surface area contributed by atoms with E-state index in [2.05, 4.69) is 18.5 Å². The third-order valence-electron chi connectivity index (χ3n) is 7.06. The zero-order valence-corrected chi connectivity index (χ0v) is 24.5. The Bertz CT molecular complexity index is 1590. The summed E-state index contributed by atoms with van der Waals surface area (Å²) in [6.45, 7) is 9.74. The Morgan fingerprint density at radius 2 is 2.07 bits per heavy atom. The first kappa shape index (κ1) is 29.1. The molecule has 2 atom stereocenters. The highest BCUT2D eigenvalue weighted by molar-refractivity contribution is 7.17. The van der Waals surface area contributed by atoms with Gasteiger partial charge in [0.15, 0.2) is 5.13 Å². The van der Waals surface area contributed by atoms with Crippen molar-refractivity contribution in [2.75, 3.05) is 18.1 Å². The van der Waals surface area contributed by atoms with Crippen molar-refractivity contribution in [3.63, 3.8) is 0 Å². The molecule has 3 heterocycles. The van der Waals surface area contributed by atoms with Gasteiger partial charge in [-0.25, -0.2) is 9.78 Å². The topological polar surface area (TPSA) is 115 Å². The molecule has 1 saturated heterocycles. The van der Waals surface area contributed by atoms with E-state index in [-0.39, 0.29) is 34.1 Å². The van der Waals surface area contributed by atoms with Crippen molar-refractivity contribution in [1.82, 2.24) is 4.98 Å². The van der Waals surface area contributed by atoms with Gasteiger partial charge in [0.25, 0.3) is 5.78 Å². The fourth-order valence-electron chi connectivity index (χ4n) is 5.05. The lowest BCUT2D eigenvalue weighted by atomic mass is 9.94. The quantitative estimate of drug-likeness (QED) is 0.0775. The Morgan fingerprint density at radius 3 is 2.83 bits per heavy atom. The van der Waals surface area contributed by atoms with Gasteiger partial charge in [-0.05, 0) is 61.7 Å². The van der Waals surface area contributed by atoms with Crippen LogP contribution < -0.4 is 14.4 Å². The number of hydrogen-bond donors (Lipinski definition) is 1. The van der Waals surface area contributed by atoms with Crippen LogP contribution in [0.25, 0.3) is 5.76 Å². The number of Topliss-reactive ketones (excluding diaryl/α,β-unsaturated/α-hetero) is 1. The highest BCUT2D eigenvalue weighted by Gasteiger charge is 2.48. The summed E-state index contributed by atoms with van der Waals surface area (Å²) in [5.74, 6) is -1.34. The average molecular weight is 589 g/mol. The van der Waals surface area contributed by atoms with E-state index in [1.165, 1.54) is 11.0 Å². The lowest BCUT2D eigenvalue weighted by Gasteiger charge is -2.23. The number of nitrogens with zero attached hydrogens (tertiary/aromatic N) is 2. The second-order valence-electron chi connectivity index (χ2n) is 10.2. The van der Waals surface area contributed by atoms with Crippen LogP contribution in [-0.4, -0.2) is 47.1 Å². The van der Waals surface area contributed by atoms with Crippen LogP contribution in [0.15, 0.2) is 60.7 Å². The summed E-state index contributed by atoms with van der Waals surface area (Å²) in [6, 6.07) is 11.3. The number of fused-ring (bicyclic) bond motifs is 1. The summed E-state index contributed by atoms with van der Waals surface area (Å²) in [4.78, 5) is 45.9. The molecule has 42 heavy (non-hydrogen) atoms. The molecule has 218 valence electrons. The van der Waals surface area contributed by atoms with Crippen molar-refractivity contribution in [1.29, 1.82) is 0 Å². The predicted octanol–water partition coefficient (Wildman–Crippen LogP) is 5.92. The average Bonchev–Trinajstić information content (AvgIpc) is 3.63. The van der Waals surface area contributed by atoms with E-state index in [0.29, 0.717) is 35.6 Å². The molecule has 0 aliphatic carbocycles. The first-order valence-corrected chi connectivity index (χ1v) is 14.6. The number of benzene rings is 2. The maximum atomic E-state index is 13.6. The molecule has 1 aromatic heterocycles. The van der Waals surface area contributed by atoms with Crippen molar-refractivity contribution >= 4 is 39.9 Å². The second kappa shape index (κ2) is 12.2. The highest BCUT2D eigenvalue weighted by atomic mass is 32.1. The number of aromatic nitrogens is 1. The van der Waals surface area contributed by atoms with Crippen molar-refractivity contribution < 1.29 is 33.7 Å².